The highest BCUT2D eigenvalue weighted by Gasteiger charge is 2.34. The first kappa shape index (κ1) is 7.25. The molecule has 1 heterocycles. The van der Waals surface area contributed by atoms with Crippen molar-refractivity contribution in [1.29, 1.82) is 0 Å². The van der Waals surface area contributed by atoms with Crippen LogP contribution in [0.2, 0.25) is 0 Å². The molecule has 3 nitrogen and oxygen atoms in total. The lowest BCUT2D eigenvalue weighted by Gasteiger charge is -2.33. The summed E-state index contributed by atoms with van der Waals surface area (Å²) >= 11 is 0. The number of fused-ring (bicyclic) bond motifs is 1. The fraction of sp³-hybridized carbons (Fsp3) is 0.875. The Labute approximate surface area is 66.1 Å². The Bertz CT molecular complexity index is 167. The van der Waals surface area contributed by atoms with Crippen LogP contribution in [0.4, 0.5) is 0 Å². The fourth-order valence-corrected chi connectivity index (χ4v) is 1.94. The first-order valence-electron chi connectivity index (χ1n) is 4.29. The Kier molecular flexibility index (Phi) is 1.92. The molecule has 62 valence electrons. The van der Waals surface area contributed by atoms with E-state index in [4.69, 9.17) is 4.84 Å². The normalized spacial score (nSPS) is 38.4. The zero-order valence-corrected chi connectivity index (χ0v) is 6.51. The molecule has 1 N–H and O–H groups in total. The molecule has 0 amide bonds. The first-order chi connectivity index (χ1) is 5.38. The van der Waals surface area contributed by atoms with Crippen molar-refractivity contribution in [2.75, 3.05) is 6.54 Å². The van der Waals surface area contributed by atoms with Crippen LogP contribution >= 0.6 is 0 Å². The molecule has 2 unspecified atom stereocenters. The molecule has 1 aliphatic heterocycles. The van der Waals surface area contributed by atoms with E-state index < -0.39 is 0 Å². The maximum absolute atomic E-state index is 11.3. The summed E-state index contributed by atoms with van der Waals surface area (Å²) in [5.41, 5.74) is 2.85. The Morgan fingerprint density at radius 1 is 1.45 bits per heavy atom. The highest BCUT2D eigenvalue weighted by atomic mass is 16.7. The lowest BCUT2D eigenvalue weighted by atomic mass is 9.83. The number of Topliss-reactive ketones (excluding diaryl/α,β-unsaturated/α-hetero) is 1. The van der Waals surface area contributed by atoms with Gasteiger partial charge in [-0.2, -0.15) is 0 Å². The molecule has 0 aromatic heterocycles. The molecule has 0 spiro atoms. The van der Waals surface area contributed by atoms with Gasteiger partial charge in [-0.3, -0.25) is 9.63 Å². The second-order valence-electron chi connectivity index (χ2n) is 3.30. The van der Waals surface area contributed by atoms with Gasteiger partial charge in [0.1, 0.15) is 5.78 Å². The molecule has 1 saturated carbocycles. The van der Waals surface area contributed by atoms with Crippen LogP contribution in [0.25, 0.3) is 0 Å². The molecule has 2 rings (SSSR count). The van der Waals surface area contributed by atoms with Gasteiger partial charge in [0, 0.05) is 18.9 Å². The van der Waals surface area contributed by atoms with Gasteiger partial charge in [-0.05, 0) is 19.3 Å². The van der Waals surface area contributed by atoms with E-state index >= 15 is 0 Å². The predicted octanol–water partition coefficient (Wildman–Crippen LogP) is 0.649. The van der Waals surface area contributed by atoms with Crippen LogP contribution in [0.5, 0.6) is 0 Å². The molecule has 0 bridgehead atoms. The van der Waals surface area contributed by atoms with Crippen molar-refractivity contribution in [3.63, 3.8) is 0 Å². The summed E-state index contributed by atoms with van der Waals surface area (Å²) in [5.74, 6) is 0.604. The molecule has 11 heavy (non-hydrogen) atoms. The van der Waals surface area contributed by atoms with E-state index in [0.717, 1.165) is 32.2 Å². The fourth-order valence-electron chi connectivity index (χ4n) is 1.94. The summed E-state index contributed by atoms with van der Waals surface area (Å²) < 4.78 is 0. The molecule has 2 atom stereocenters. The second-order valence-corrected chi connectivity index (χ2v) is 3.30. The molecule has 0 radical (unpaired) electrons. The van der Waals surface area contributed by atoms with E-state index in [9.17, 15) is 4.79 Å². The van der Waals surface area contributed by atoms with Crippen LogP contribution in [-0.4, -0.2) is 18.4 Å². The Morgan fingerprint density at radius 3 is 3.18 bits per heavy atom. The number of hydrogen-bond donors (Lipinski definition) is 1. The highest BCUT2D eigenvalue weighted by molar-refractivity contribution is 5.82. The third kappa shape index (κ3) is 1.30. The van der Waals surface area contributed by atoms with Crippen LogP contribution in [0.3, 0.4) is 0 Å². The molecule has 2 aliphatic rings. The van der Waals surface area contributed by atoms with Crippen LogP contribution in [0, 0.1) is 5.92 Å². The zero-order chi connectivity index (χ0) is 7.68. The predicted molar refractivity (Wildman–Crippen MR) is 39.8 cm³/mol. The third-order valence-electron chi connectivity index (χ3n) is 2.57. The lowest BCUT2D eigenvalue weighted by molar-refractivity contribution is -0.146. The molecular formula is C8H13NO2. The van der Waals surface area contributed by atoms with Gasteiger partial charge in [0.25, 0.3) is 0 Å². The highest BCUT2D eigenvalue weighted by Crippen LogP contribution is 2.27. The Balaban J connectivity index is 2.05. The molecule has 1 saturated heterocycles. The van der Waals surface area contributed by atoms with Crippen molar-refractivity contribution in [2.45, 2.75) is 31.8 Å². The number of ketones is 1. The zero-order valence-electron chi connectivity index (χ0n) is 6.51. The molecule has 3 heteroatoms. The SMILES string of the molecule is O=C1CCCC2ONCCC12. The summed E-state index contributed by atoms with van der Waals surface area (Å²) in [6.45, 7) is 0.826. The lowest BCUT2D eigenvalue weighted by Crippen LogP contribution is -2.44. The Morgan fingerprint density at radius 2 is 2.36 bits per heavy atom. The third-order valence-corrected chi connectivity index (χ3v) is 2.57. The van der Waals surface area contributed by atoms with Gasteiger partial charge in [0.05, 0.1) is 6.10 Å². The standard InChI is InChI=1S/C8H13NO2/c10-7-2-1-3-8-6(7)4-5-9-11-8/h6,8-9H,1-5H2. The van der Waals surface area contributed by atoms with Crippen molar-refractivity contribution >= 4 is 5.78 Å². The number of hydrogen-bond acceptors (Lipinski definition) is 3. The van der Waals surface area contributed by atoms with Crippen LogP contribution in [0.15, 0.2) is 0 Å². The average molecular weight is 155 g/mol. The molecule has 2 fully saturated rings. The van der Waals surface area contributed by atoms with Gasteiger partial charge in [-0.1, -0.05) is 0 Å². The van der Waals surface area contributed by atoms with Crippen LogP contribution in [-0.2, 0) is 9.63 Å². The molecule has 0 aromatic rings. The average Bonchev–Trinajstić information content (AvgIpc) is 2.06. The van der Waals surface area contributed by atoms with Gasteiger partial charge < -0.3 is 0 Å². The maximum atomic E-state index is 11.3. The number of carbonyl (C=O) groups is 1. The molecule has 1 aliphatic carbocycles. The van der Waals surface area contributed by atoms with Gasteiger partial charge in [0.2, 0.25) is 0 Å². The van der Waals surface area contributed by atoms with Crippen molar-refractivity contribution in [3.8, 4) is 0 Å². The van der Waals surface area contributed by atoms with Crippen molar-refractivity contribution < 1.29 is 9.63 Å². The summed E-state index contributed by atoms with van der Waals surface area (Å²) in [6, 6.07) is 0. The minimum atomic E-state index is 0.171. The van der Waals surface area contributed by atoms with E-state index in [0.29, 0.717) is 5.78 Å². The summed E-state index contributed by atoms with van der Waals surface area (Å²) in [5, 5.41) is 0. The topological polar surface area (TPSA) is 38.3 Å². The number of nitrogens with one attached hydrogen (secondary N) is 1. The molecular weight excluding hydrogens is 142 g/mol. The van der Waals surface area contributed by atoms with Gasteiger partial charge in [0.15, 0.2) is 0 Å². The summed E-state index contributed by atoms with van der Waals surface area (Å²) in [6.07, 6.45) is 3.95. The molecule has 0 aromatic carbocycles. The van der Waals surface area contributed by atoms with E-state index in [1.54, 1.807) is 0 Å². The Hall–Kier alpha value is -0.410. The number of hydroxylamine groups is 1. The maximum Gasteiger partial charge on any atom is 0.138 e. The van der Waals surface area contributed by atoms with Crippen molar-refractivity contribution in [2.24, 2.45) is 5.92 Å². The summed E-state index contributed by atoms with van der Waals surface area (Å²) in [4.78, 5) is 16.6. The second kappa shape index (κ2) is 2.91. The van der Waals surface area contributed by atoms with Gasteiger partial charge >= 0.3 is 0 Å². The van der Waals surface area contributed by atoms with E-state index in [2.05, 4.69) is 5.48 Å². The quantitative estimate of drug-likeness (QED) is 0.558. The van der Waals surface area contributed by atoms with E-state index in [-0.39, 0.29) is 12.0 Å². The minimum absolute atomic E-state index is 0.171. The minimum Gasteiger partial charge on any atom is -0.299 e. The monoisotopic (exact) mass is 155 g/mol. The van der Waals surface area contributed by atoms with Crippen molar-refractivity contribution in [1.82, 2.24) is 5.48 Å². The summed E-state index contributed by atoms with van der Waals surface area (Å²) in [7, 11) is 0. The van der Waals surface area contributed by atoms with E-state index in [1.165, 1.54) is 0 Å². The number of carbonyl (C=O) groups excluding carboxylic acids is 1. The van der Waals surface area contributed by atoms with Gasteiger partial charge in [-0.15, -0.1) is 0 Å². The van der Waals surface area contributed by atoms with E-state index in [1.807, 2.05) is 0 Å². The van der Waals surface area contributed by atoms with Gasteiger partial charge in [-0.25, -0.2) is 5.48 Å². The van der Waals surface area contributed by atoms with Crippen LogP contribution in [0.1, 0.15) is 25.7 Å². The smallest absolute Gasteiger partial charge is 0.138 e. The van der Waals surface area contributed by atoms with Crippen molar-refractivity contribution in [3.05, 3.63) is 0 Å². The number of rotatable bonds is 0. The van der Waals surface area contributed by atoms with Crippen LogP contribution < -0.4 is 5.48 Å². The largest absolute Gasteiger partial charge is 0.299 e. The first-order valence-corrected chi connectivity index (χ1v) is 4.29.